The van der Waals surface area contributed by atoms with Crippen LogP contribution in [-0.4, -0.2) is 51.9 Å². The molecule has 2 saturated heterocycles. The number of carbonyl (C=O) groups excluding carboxylic acids is 2. The van der Waals surface area contributed by atoms with Gasteiger partial charge in [0.05, 0.1) is 4.87 Å². The Morgan fingerprint density at radius 3 is 2.42 bits per heavy atom. The third-order valence-electron chi connectivity index (χ3n) is 4.91. The van der Waals surface area contributed by atoms with Gasteiger partial charge in [0.25, 0.3) is 5.91 Å². The van der Waals surface area contributed by atoms with E-state index < -0.39 is 0 Å². The van der Waals surface area contributed by atoms with Crippen molar-refractivity contribution in [2.75, 3.05) is 25.4 Å². The van der Waals surface area contributed by atoms with Crippen LogP contribution in [0.2, 0.25) is 0 Å². The van der Waals surface area contributed by atoms with E-state index in [1.54, 1.807) is 0 Å². The first kappa shape index (κ1) is 17.3. The standard InChI is InChI=1S/C19H26N2O2S/c1-15(2)14-17(22)21-12-13-24-19(21)8-10-20(11-9-19)18(23)16-6-4-3-5-7-16/h3-7,15H,8-14H2,1-2H3. The van der Waals surface area contributed by atoms with Crippen molar-refractivity contribution in [3.63, 3.8) is 0 Å². The lowest BCUT2D eigenvalue weighted by Crippen LogP contribution is -2.53. The summed E-state index contributed by atoms with van der Waals surface area (Å²) in [4.78, 5) is 29.2. The molecule has 2 aliphatic heterocycles. The number of amides is 2. The molecular formula is C19H26N2O2S. The van der Waals surface area contributed by atoms with Gasteiger partial charge in [-0.1, -0.05) is 32.0 Å². The van der Waals surface area contributed by atoms with Crippen molar-refractivity contribution in [3.05, 3.63) is 35.9 Å². The van der Waals surface area contributed by atoms with Gasteiger partial charge in [-0.2, -0.15) is 0 Å². The second-order valence-electron chi connectivity index (χ2n) is 7.10. The Bertz CT molecular complexity index is 595. The van der Waals surface area contributed by atoms with Crippen LogP contribution in [0, 0.1) is 5.92 Å². The van der Waals surface area contributed by atoms with Gasteiger partial charge in [-0.15, -0.1) is 11.8 Å². The van der Waals surface area contributed by atoms with Gasteiger partial charge in [0.2, 0.25) is 5.91 Å². The number of hydrogen-bond donors (Lipinski definition) is 0. The third-order valence-corrected chi connectivity index (χ3v) is 6.47. The molecule has 5 heteroatoms. The van der Waals surface area contributed by atoms with E-state index in [1.165, 1.54) is 0 Å². The predicted molar refractivity (Wildman–Crippen MR) is 97.9 cm³/mol. The monoisotopic (exact) mass is 346 g/mol. The van der Waals surface area contributed by atoms with E-state index in [-0.39, 0.29) is 16.7 Å². The Morgan fingerprint density at radius 1 is 1.12 bits per heavy atom. The number of nitrogens with zero attached hydrogens (tertiary/aromatic N) is 2. The van der Waals surface area contributed by atoms with Crippen LogP contribution < -0.4 is 0 Å². The highest BCUT2D eigenvalue weighted by Crippen LogP contribution is 2.44. The van der Waals surface area contributed by atoms with E-state index in [0.717, 1.165) is 43.8 Å². The average Bonchev–Trinajstić information content (AvgIpc) is 2.98. The molecule has 0 N–H and O–H groups in total. The normalized spacial score (nSPS) is 20.0. The molecular weight excluding hydrogens is 320 g/mol. The maximum Gasteiger partial charge on any atom is 0.253 e. The van der Waals surface area contributed by atoms with E-state index in [9.17, 15) is 9.59 Å². The summed E-state index contributed by atoms with van der Waals surface area (Å²) in [6.07, 6.45) is 2.37. The highest BCUT2D eigenvalue weighted by atomic mass is 32.2. The van der Waals surface area contributed by atoms with E-state index in [2.05, 4.69) is 18.7 Å². The highest BCUT2D eigenvalue weighted by molar-refractivity contribution is 8.00. The molecule has 1 aromatic rings. The van der Waals surface area contributed by atoms with Crippen LogP contribution in [0.1, 0.15) is 43.5 Å². The summed E-state index contributed by atoms with van der Waals surface area (Å²) in [6.45, 7) is 6.49. The SMILES string of the molecule is CC(C)CC(=O)N1CCSC12CCN(C(=O)c1ccccc1)CC2. The largest absolute Gasteiger partial charge is 0.338 e. The zero-order valence-electron chi connectivity index (χ0n) is 14.5. The number of benzene rings is 1. The van der Waals surface area contributed by atoms with Crippen LogP contribution in [-0.2, 0) is 4.79 Å². The minimum Gasteiger partial charge on any atom is -0.338 e. The van der Waals surface area contributed by atoms with Gasteiger partial charge in [-0.3, -0.25) is 9.59 Å². The Morgan fingerprint density at radius 2 is 1.79 bits per heavy atom. The summed E-state index contributed by atoms with van der Waals surface area (Å²) in [5, 5.41) is 0. The number of likely N-dealkylation sites (tertiary alicyclic amines) is 1. The van der Waals surface area contributed by atoms with Gasteiger partial charge < -0.3 is 9.80 Å². The number of hydrogen-bond acceptors (Lipinski definition) is 3. The summed E-state index contributed by atoms with van der Waals surface area (Å²) in [7, 11) is 0. The van der Waals surface area contributed by atoms with Crippen LogP contribution in [0.5, 0.6) is 0 Å². The number of carbonyl (C=O) groups is 2. The molecule has 1 aromatic carbocycles. The average molecular weight is 346 g/mol. The number of piperidine rings is 1. The maximum atomic E-state index is 12.6. The first-order valence-electron chi connectivity index (χ1n) is 8.80. The zero-order valence-corrected chi connectivity index (χ0v) is 15.3. The van der Waals surface area contributed by atoms with Crippen LogP contribution in [0.4, 0.5) is 0 Å². The fourth-order valence-corrected chi connectivity index (χ4v) is 5.13. The van der Waals surface area contributed by atoms with E-state index >= 15 is 0 Å². The van der Waals surface area contributed by atoms with Crippen LogP contribution >= 0.6 is 11.8 Å². The van der Waals surface area contributed by atoms with Gasteiger partial charge in [-0.05, 0) is 30.9 Å². The second kappa shape index (κ2) is 7.18. The second-order valence-corrected chi connectivity index (χ2v) is 8.55. The van der Waals surface area contributed by atoms with Crippen LogP contribution in [0.15, 0.2) is 30.3 Å². The smallest absolute Gasteiger partial charge is 0.253 e. The minimum absolute atomic E-state index is 0.0839. The van der Waals surface area contributed by atoms with Gasteiger partial charge in [0, 0.05) is 37.4 Å². The summed E-state index contributed by atoms with van der Waals surface area (Å²) in [6, 6.07) is 9.47. The topological polar surface area (TPSA) is 40.6 Å². The molecule has 0 saturated carbocycles. The van der Waals surface area contributed by atoms with Crippen molar-refractivity contribution in [2.24, 2.45) is 5.92 Å². The number of thioether (sulfide) groups is 1. The molecule has 0 atom stereocenters. The Hall–Kier alpha value is -1.49. The predicted octanol–water partition coefficient (Wildman–Crippen LogP) is 3.24. The molecule has 4 nitrogen and oxygen atoms in total. The lowest BCUT2D eigenvalue weighted by Gasteiger charge is -2.44. The first-order valence-corrected chi connectivity index (χ1v) is 9.79. The summed E-state index contributed by atoms with van der Waals surface area (Å²) in [5.74, 6) is 1.78. The van der Waals surface area contributed by atoms with E-state index in [4.69, 9.17) is 0 Å². The molecule has 0 aliphatic carbocycles. The van der Waals surface area contributed by atoms with Gasteiger partial charge >= 0.3 is 0 Å². The van der Waals surface area contributed by atoms with Crippen molar-refractivity contribution >= 4 is 23.6 Å². The van der Waals surface area contributed by atoms with Crippen molar-refractivity contribution in [2.45, 2.75) is 38.0 Å². The molecule has 0 bridgehead atoms. The fraction of sp³-hybridized carbons (Fsp3) is 0.579. The fourth-order valence-electron chi connectivity index (χ4n) is 3.66. The molecule has 1 spiro atoms. The van der Waals surface area contributed by atoms with Gasteiger partial charge in [0.1, 0.15) is 0 Å². The Kier molecular flexibility index (Phi) is 5.18. The Balaban J connectivity index is 1.65. The lowest BCUT2D eigenvalue weighted by atomic mass is 9.99. The van der Waals surface area contributed by atoms with Crippen molar-refractivity contribution in [1.29, 1.82) is 0 Å². The molecule has 130 valence electrons. The van der Waals surface area contributed by atoms with Gasteiger partial charge in [-0.25, -0.2) is 0 Å². The lowest BCUT2D eigenvalue weighted by molar-refractivity contribution is -0.135. The molecule has 0 unspecified atom stereocenters. The molecule has 24 heavy (non-hydrogen) atoms. The Labute approximate surface area is 148 Å². The molecule has 2 heterocycles. The van der Waals surface area contributed by atoms with E-state index in [1.807, 2.05) is 47.0 Å². The molecule has 2 aliphatic rings. The van der Waals surface area contributed by atoms with Crippen LogP contribution in [0.3, 0.4) is 0 Å². The van der Waals surface area contributed by atoms with Gasteiger partial charge in [0.15, 0.2) is 0 Å². The summed E-state index contributed by atoms with van der Waals surface area (Å²) >= 11 is 1.91. The molecule has 3 rings (SSSR count). The molecule has 2 fully saturated rings. The van der Waals surface area contributed by atoms with Crippen molar-refractivity contribution in [3.8, 4) is 0 Å². The molecule has 0 aromatic heterocycles. The van der Waals surface area contributed by atoms with Crippen molar-refractivity contribution < 1.29 is 9.59 Å². The van der Waals surface area contributed by atoms with Crippen molar-refractivity contribution in [1.82, 2.24) is 9.80 Å². The summed E-state index contributed by atoms with van der Waals surface area (Å²) < 4.78 is 0. The highest BCUT2D eigenvalue weighted by Gasteiger charge is 2.46. The van der Waals surface area contributed by atoms with E-state index in [0.29, 0.717) is 12.3 Å². The zero-order chi connectivity index (χ0) is 17.2. The molecule has 0 radical (unpaired) electrons. The molecule has 2 amide bonds. The minimum atomic E-state index is -0.0839. The summed E-state index contributed by atoms with van der Waals surface area (Å²) in [5.41, 5.74) is 0.750. The maximum absolute atomic E-state index is 12.6. The quantitative estimate of drug-likeness (QED) is 0.844. The van der Waals surface area contributed by atoms with Crippen LogP contribution in [0.25, 0.3) is 0 Å². The third kappa shape index (κ3) is 3.46. The number of rotatable bonds is 3. The first-order chi connectivity index (χ1) is 11.5.